The highest BCUT2D eigenvalue weighted by Gasteiger charge is 2.46. The molecule has 1 N–H and O–H groups in total. The summed E-state index contributed by atoms with van der Waals surface area (Å²) in [4.78, 5) is 6.31. The molecule has 0 unspecified atom stereocenters. The lowest BCUT2D eigenvalue weighted by molar-refractivity contribution is -0.0436. The number of halogens is 4. The lowest BCUT2D eigenvalue weighted by Crippen LogP contribution is -2.23. The summed E-state index contributed by atoms with van der Waals surface area (Å²) in [5, 5.41) is 0. The number of sulfone groups is 1. The van der Waals surface area contributed by atoms with Crippen molar-refractivity contribution >= 4 is 21.4 Å². The van der Waals surface area contributed by atoms with Crippen LogP contribution in [0.4, 0.5) is 13.2 Å². The summed E-state index contributed by atoms with van der Waals surface area (Å²) < 4.78 is 59.8. The largest absolute Gasteiger partial charge is 0.501 e. The van der Waals surface area contributed by atoms with Gasteiger partial charge in [-0.25, -0.2) is 13.4 Å². The number of aromatic amines is 1. The first-order valence-electron chi connectivity index (χ1n) is 5.70. The number of rotatable bonds is 3. The SMILES string of the molecule is Cc1[nH]c(-c2ccc(S(=O)(=O)C(F)(F)F)cc2)nc1CCl. The predicted molar refractivity (Wildman–Crippen MR) is 71.6 cm³/mol. The molecule has 4 nitrogen and oxygen atoms in total. The fraction of sp³-hybridized carbons (Fsp3) is 0.250. The Balaban J connectivity index is 2.40. The van der Waals surface area contributed by atoms with Crippen LogP contribution in [-0.4, -0.2) is 23.9 Å². The smallest absolute Gasteiger partial charge is 0.342 e. The van der Waals surface area contributed by atoms with Crippen LogP contribution in [0.15, 0.2) is 29.2 Å². The Morgan fingerprint density at radius 3 is 2.24 bits per heavy atom. The van der Waals surface area contributed by atoms with Gasteiger partial charge >= 0.3 is 5.51 Å². The average Bonchev–Trinajstić information content (AvgIpc) is 2.79. The van der Waals surface area contributed by atoms with Gasteiger partial charge < -0.3 is 4.98 Å². The zero-order valence-electron chi connectivity index (χ0n) is 10.7. The topological polar surface area (TPSA) is 62.8 Å². The minimum atomic E-state index is -5.33. The van der Waals surface area contributed by atoms with E-state index in [2.05, 4.69) is 9.97 Å². The first-order chi connectivity index (χ1) is 9.66. The van der Waals surface area contributed by atoms with Crippen LogP contribution >= 0.6 is 11.6 Å². The molecule has 0 atom stereocenters. The summed E-state index contributed by atoms with van der Waals surface area (Å²) in [7, 11) is -5.33. The molecule has 0 amide bonds. The second-order valence-corrected chi connectivity index (χ2v) is 6.47. The number of aryl methyl sites for hydroxylation is 1. The van der Waals surface area contributed by atoms with E-state index in [1.165, 1.54) is 12.1 Å². The third-order valence-corrected chi connectivity index (χ3v) is 4.61. The van der Waals surface area contributed by atoms with E-state index in [0.717, 1.165) is 17.8 Å². The number of nitrogens with one attached hydrogen (secondary N) is 1. The molecule has 2 rings (SSSR count). The van der Waals surface area contributed by atoms with Gasteiger partial charge in [-0.3, -0.25) is 0 Å². The Bertz CT molecular complexity index is 752. The number of alkyl halides is 4. The summed E-state index contributed by atoms with van der Waals surface area (Å²) in [6.45, 7) is 1.76. The highest BCUT2D eigenvalue weighted by atomic mass is 35.5. The molecule has 0 fully saturated rings. The maximum atomic E-state index is 12.4. The van der Waals surface area contributed by atoms with Crippen molar-refractivity contribution in [3.63, 3.8) is 0 Å². The number of benzene rings is 1. The second-order valence-electron chi connectivity index (χ2n) is 4.26. The standard InChI is InChI=1S/C12H10ClF3N2O2S/c1-7-10(6-13)18-11(17-7)8-2-4-9(5-3-8)21(19,20)12(14,15)16/h2-5H,6H2,1H3,(H,17,18). The van der Waals surface area contributed by atoms with Crippen LogP contribution in [0.2, 0.25) is 0 Å². The quantitative estimate of drug-likeness (QED) is 0.872. The fourth-order valence-electron chi connectivity index (χ4n) is 1.69. The van der Waals surface area contributed by atoms with E-state index in [0.29, 0.717) is 17.1 Å². The van der Waals surface area contributed by atoms with Gasteiger partial charge in [-0.15, -0.1) is 11.6 Å². The Kier molecular flexibility index (Phi) is 4.03. The van der Waals surface area contributed by atoms with Crippen LogP contribution in [0, 0.1) is 6.92 Å². The highest BCUT2D eigenvalue weighted by molar-refractivity contribution is 7.92. The predicted octanol–water partition coefficient (Wildman–Crippen LogP) is 3.42. The van der Waals surface area contributed by atoms with Crippen LogP contribution in [0.1, 0.15) is 11.4 Å². The second kappa shape index (κ2) is 5.34. The number of imidazole rings is 1. The van der Waals surface area contributed by atoms with Crippen molar-refractivity contribution in [1.29, 1.82) is 0 Å². The van der Waals surface area contributed by atoms with Crippen LogP contribution in [-0.2, 0) is 15.7 Å². The molecular formula is C12H10ClF3N2O2S. The molecule has 9 heteroatoms. The minimum absolute atomic E-state index is 0.197. The molecule has 114 valence electrons. The van der Waals surface area contributed by atoms with Gasteiger partial charge in [0.05, 0.1) is 16.5 Å². The number of aromatic nitrogens is 2. The molecule has 0 aliphatic heterocycles. The molecule has 21 heavy (non-hydrogen) atoms. The number of hydrogen-bond donors (Lipinski definition) is 1. The first kappa shape index (κ1) is 15.8. The lowest BCUT2D eigenvalue weighted by Gasteiger charge is -2.08. The van der Waals surface area contributed by atoms with E-state index in [4.69, 9.17) is 11.6 Å². The van der Waals surface area contributed by atoms with Gasteiger partial charge in [0.15, 0.2) is 0 Å². The Labute approximate surface area is 123 Å². The molecule has 2 aromatic rings. The van der Waals surface area contributed by atoms with Crippen molar-refractivity contribution < 1.29 is 21.6 Å². The van der Waals surface area contributed by atoms with Crippen molar-refractivity contribution in [1.82, 2.24) is 9.97 Å². The number of H-pyrrole nitrogens is 1. The van der Waals surface area contributed by atoms with Crippen LogP contribution in [0.5, 0.6) is 0 Å². The van der Waals surface area contributed by atoms with Gasteiger partial charge in [-0.05, 0) is 31.2 Å². The molecule has 0 saturated carbocycles. The molecule has 0 saturated heterocycles. The summed E-state index contributed by atoms with van der Waals surface area (Å²) in [5.41, 5.74) is -3.48. The summed E-state index contributed by atoms with van der Waals surface area (Å²) in [5.74, 6) is 0.613. The molecule has 0 spiro atoms. The van der Waals surface area contributed by atoms with Gasteiger partial charge in [0.25, 0.3) is 9.84 Å². The van der Waals surface area contributed by atoms with Crippen molar-refractivity contribution in [2.24, 2.45) is 0 Å². The molecule has 1 aromatic heterocycles. The normalized spacial score (nSPS) is 12.6. The number of hydrogen-bond acceptors (Lipinski definition) is 3. The summed E-state index contributed by atoms with van der Waals surface area (Å²) in [6, 6.07) is 4.32. The molecule has 1 aromatic carbocycles. The van der Waals surface area contributed by atoms with Gasteiger partial charge in [0.1, 0.15) is 5.82 Å². The van der Waals surface area contributed by atoms with Crippen LogP contribution < -0.4 is 0 Å². The van der Waals surface area contributed by atoms with E-state index in [1.807, 2.05) is 0 Å². The van der Waals surface area contributed by atoms with E-state index >= 15 is 0 Å². The van der Waals surface area contributed by atoms with Crippen LogP contribution in [0.25, 0.3) is 11.4 Å². The van der Waals surface area contributed by atoms with E-state index < -0.39 is 20.2 Å². The van der Waals surface area contributed by atoms with Crippen molar-refractivity contribution in [3.05, 3.63) is 35.7 Å². The highest BCUT2D eigenvalue weighted by Crippen LogP contribution is 2.31. The Morgan fingerprint density at radius 2 is 1.81 bits per heavy atom. The fourth-order valence-corrected chi connectivity index (χ4v) is 2.71. The first-order valence-corrected chi connectivity index (χ1v) is 7.72. The molecule has 1 heterocycles. The van der Waals surface area contributed by atoms with Gasteiger partial charge in [0.2, 0.25) is 0 Å². The average molecular weight is 339 g/mol. The zero-order chi connectivity index (χ0) is 15.8. The molecule has 0 radical (unpaired) electrons. The van der Waals surface area contributed by atoms with Gasteiger partial charge in [-0.1, -0.05) is 0 Å². The van der Waals surface area contributed by atoms with Crippen molar-refractivity contribution in [2.75, 3.05) is 0 Å². The molecule has 0 aliphatic carbocycles. The molecular weight excluding hydrogens is 329 g/mol. The third kappa shape index (κ3) is 2.91. The summed E-state index contributed by atoms with van der Waals surface area (Å²) in [6.07, 6.45) is 0. The van der Waals surface area contributed by atoms with Crippen molar-refractivity contribution in [2.45, 2.75) is 23.2 Å². The number of nitrogens with zero attached hydrogens (tertiary/aromatic N) is 1. The molecule has 0 bridgehead atoms. The van der Waals surface area contributed by atoms with Crippen molar-refractivity contribution in [3.8, 4) is 11.4 Å². The maximum Gasteiger partial charge on any atom is 0.501 e. The summed E-state index contributed by atoms with van der Waals surface area (Å²) >= 11 is 5.68. The molecule has 0 aliphatic rings. The van der Waals surface area contributed by atoms with Gasteiger partial charge in [0, 0.05) is 11.3 Å². The Morgan fingerprint density at radius 1 is 1.24 bits per heavy atom. The van der Waals surface area contributed by atoms with Crippen LogP contribution in [0.3, 0.4) is 0 Å². The maximum absolute atomic E-state index is 12.4. The third-order valence-electron chi connectivity index (χ3n) is 2.85. The minimum Gasteiger partial charge on any atom is -0.342 e. The monoisotopic (exact) mass is 338 g/mol. The lowest BCUT2D eigenvalue weighted by atomic mass is 10.2. The zero-order valence-corrected chi connectivity index (χ0v) is 12.3. The van der Waals surface area contributed by atoms with E-state index in [1.54, 1.807) is 6.92 Å². The van der Waals surface area contributed by atoms with E-state index in [-0.39, 0.29) is 5.88 Å². The van der Waals surface area contributed by atoms with E-state index in [9.17, 15) is 21.6 Å². The van der Waals surface area contributed by atoms with Gasteiger partial charge in [-0.2, -0.15) is 13.2 Å². The Hall–Kier alpha value is -1.54.